The molecule has 4 nitrogen and oxygen atoms in total. The van der Waals surface area contributed by atoms with Gasteiger partial charge in [0, 0.05) is 44.8 Å². The van der Waals surface area contributed by atoms with Crippen LogP contribution in [0.2, 0.25) is 0 Å². The van der Waals surface area contributed by atoms with E-state index in [9.17, 15) is 9.18 Å². The first kappa shape index (κ1) is 19.1. The van der Waals surface area contributed by atoms with Crippen LogP contribution < -0.4 is 4.90 Å². The average molecular weight is 381 g/mol. The lowest BCUT2D eigenvalue weighted by atomic mass is 10.2. The number of benzene rings is 2. The first-order chi connectivity index (χ1) is 13.7. The Morgan fingerprint density at radius 2 is 1.64 bits per heavy atom. The zero-order chi connectivity index (χ0) is 19.3. The summed E-state index contributed by atoms with van der Waals surface area (Å²) in [5.41, 5.74) is 3.52. The monoisotopic (exact) mass is 381 g/mol. The molecule has 2 aromatic carbocycles. The van der Waals surface area contributed by atoms with Crippen LogP contribution in [-0.4, -0.2) is 55.0 Å². The molecule has 0 aromatic heterocycles. The van der Waals surface area contributed by atoms with Crippen LogP contribution in [-0.2, 0) is 17.8 Å². The minimum absolute atomic E-state index is 0.184. The first-order valence-electron chi connectivity index (χ1n) is 10.3. The molecule has 0 unspecified atom stereocenters. The molecule has 2 aliphatic rings. The molecule has 28 heavy (non-hydrogen) atoms. The maximum atomic E-state index is 13.1. The van der Waals surface area contributed by atoms with Gasteiger partial charge in [-0.05, 0) is 55.3 Å². The summed E-state index contributed by atoms with van der Waals surface area (Å²) in [5.74, 6) is 0.0495. The van der Waals surface area contributed by atoms with Gasteiger partial charge in [0.1, 0.15) is 5.82 Å². The molecule has 4 rings (SSSR count). The van der Waals surface area contributed by atoms with Crippen LogP contribution in [0, 0.1) is 5.82 Å². The normalized spacial score (nSPS) is 18.1. The molecule has 1 amide bonds. The van der Waals surface area contributed by atoms with E-state index in [0.717, 1.165) is 69.9 Å². The summed E-state index contributed by atoms with van der Waals surface area (Å²) in [4.78, 5) is 19.5. The number of fused-ring (bicyclic) bond motifs is 1. The van der Waals surface area contributed by atoms with E-state index in [1.165, 1.54) is 17.7 Å². The third-order valence-corrected chi connectivity index (χ3v) is 5.83. The Labute approximate surface area is 166 Å². The number of amides is 1. The molecular weight excluding hydrogens is 353 g/mol. The van der Waals surface area contributed by atoms with E-state index in [0.29, 0.717) is 6.42 Å². The number of nitrogens with zero attached hydrogens (tertiary/aromatic N) is 3. The quantitative estimate of drug-likeness (QED) is 0.795. The van der Waals surface area contributed by atoms with Crippen molar-refractivity contribution in [2.24, 2.45) is 0 Å². The molecule has 0 radical (unpaired) electrons. The van der Waals surface area contributed by atoms with Crippen molar-refractivity contribution in [2.45, 2.75) is 25.8 Å². The van der Waals surface area contributed by atoms with Crippen molar-refractivity contribution in [1.82, 2.24) is 9.80 Å². The summed E-state index contributed by atoms with van der Waals surface area (Å²) in [6.45, 7) is 6.53. The standard InChI is InChI=1S/C23H28FN3O/c24-21-8-6-19(7-9-21)18-26-13-3-12-25(16-17-26)14-11-23(28)27-15-10-20-4-1-2-5-22(20)27/h1-2,4-9H,3,10-18H2. The van der Waals surface area contributed by atoms with E-state index < -0.39 is 0 Å². The maximum Gasteiger partial charge on any atom is 0.228 e. The molecule has 0 N–H and O–H groups in total. The molecule has 2 heterocycles. The van der Waals surface area contributed by atoms with E-state index in [-0.39, 0.29) is 11.7 Å². The Hall–Kier alpha value is -2.24. The predicted molar refractivity (Wildman–Crippen MR) is 110 cm³/mol. The number of hydrogen-bond donors (Lipinski definition) is 0. The number of carbonyl (C=O) groups excluding carboxylic acids is 1. The maximum absolute atomic E-state index is 13.1. The molecular formula is C23H28FN3O. The van der Waals surface area contributed by atoms with Gasteiger partial charge in [-0.15, -0.1) is 0 Å². The highest BCUT2D eigenvalue weighted by Crippen LogP contribution is 2.27. The Bertz CT molecular complexity index is 808. The highest BCUT2D eigenvalue weighted by molar-refractivity contribution is 5.95. The second-order valence-corrected chi connectivity index (χ2v) is 7.77. The lowest BCUT2D eigenvalue weighted by molar-refractivity contribution is -0.118. The van der Waals surface area contributed by atoms with E-state index in [4.69, 9.17) is 0 Å². The first-order valence-corrected chi connectivity index (χ1v) is 10.3. The van der Waals surface area contributed by atoms with Gasteiger partial charge in [0.05, 0.1) is 0 Å². The minimum Gasteiger partial charge on any atom is -0.312 e. The van der Waals surface area contributed by atoms with Crippen LogP contribution in [0.3, 0.4) is 0 Å². The molecule has 148 valence electrons. The third kappa shape index (κ3) is 4.59. The number of halogens is 1. The fraction of sp³-hybridized carbons (Fsp3) is 0.435. The van der Waals surface area contributed by atoms with Crippen molar-refractivity contribution < 1.29 is 9.18 Å². The van der Waals surface area contributed by atoms with Crippen LogP contribution in [0.15, 0.2) is 48.5 Å². The minimum atomic E-state index is -0.184. The third-order valence-electron chi connectivity index (χ3n) is 5.83. The van der Waals surface area contributed by atoms with Gasteiger partial charge < -0.3 is 9.80 Å². The Kier molecular flexibility index (Phi) is 6.03. The Morgan fingerprint density at radius 3 is 2.50 bits per heavy atom. The van der Waals surface area contributed by atoms with E-state index in [1.807, 2.05) is 29.2 Å². The van der Waals surface area contributed by atoms with Crippen molar-refractivity contribution in [3.8, 4) is 0 Å². The van der Waals surface area contributed by atoms with Gasteiger partial charge in [-0.2, -0.15) is 0 Å². The van der Waals surface area contributed by atoms with Crippen molar-refractivity contribution in [3.05, 3.63) is 65.5 Å². The van der Waals surface area contributed by atoms with E-state index >= 15 is 0 Å². The number of rotatable bonds is 5. The molecule has 2 aliphatic heterocycles. The summed E-state index contributed by atoms with van der Waals surface area (Å²) < 4.78 is 13.1. The molecule has 0 saturated carbocycles. The molecule has 5 heteroatoms. The van der Waals surface area contributed by atoms with Gasteiger partial charge in [0.25, 0.3) is 0 Å². The Balaban J connectivity index is 1.25. The zero-order valence-electron chi connectivity index (χ0n) is 16.3. The smallest absolute Gasteiger partial charge is 0.228 e. The summed E-state index contributed by atoms with van der Waals surface area (Å²) >= 11 is 0. The van der Waals surface area contributed by atoms with Crippen molar-refractivity contribution in [3.63, 3.8) is 0 Å². The second kappa shape index (κ2) is 8.84. The second-order valence-electron chi connectivity index (χ2n) is 7.77. The summed E-state index contributed by atoms with van der Waals surface area (Å²) in [6, 6.07) is 15.0. The van der Waals surface area contributed by atoms with Gasteiger partial charge in [0.15, 0.2) is 0 Å². The highest BCUT2D eigenvalue weighted by atomic mass is 19.1. The molecule has 0 spiro atoms. The van der Waals surface area contributed by atoms with Gasteiger partial charge in [-0.3, -0.25) is 9.69 Å². The SMILES string of the molecule is O=C(CCN1CCCN(Cc2ccc(F)cc2)CC1)N1CCc2ccccc21. The van der Waals surface area contributed by atoms with E-state index in [2.05, 4.69) is 21.9 Å². The van der Waals surface area contributed by atoms with Gasteiger partial charge >= 0.3 is 0 Å². The van der Waals surface area contributed by atoms with Crippen LogP contribution in [0.1, 0.15) is 24.0 Å². The number of carbonyl (C=O) groups is 1. The fourth-order valence-electron chi connectivity index (χ4n) is 4.24. The number of anilines is 1. The predicted octanol–water partition coefficient (Wildman–Crippen LogP) is 3.31. The molecule has 1 saturated heterocycles. The molecule has 0 atom stereocenters. The van der Waals surface area contributed by atoms with Crippen molar-refractivity contribution in [1.29, 1.82) is 0 Å². The molecule has 0 bridgehead atoms. The van der Waals surface area contributed by atoms with Crippen molar-refractivity contribution >= 4 is 11.6 Å². The highest BCUT2D eigenvalue weighted by Gasteiger charge is 2.24. The number of para-hydroxylation sites is 1. The van der Waals surface area contributed by atoms with Crippen LogP contribution in [0.25, 0.3) is 0 Å². The van der Waals surface area contributed by atoms with Gasteiger partial charge in [-0.1, -0.05) is 30.3 Å². The molecule has 1 fully saturated rings. The topological polar surface area (TPSA) is 26.8 Å². The summed E-state index contributed by atoms with van der Waals surface area (Å²) in [7, 11) is 0. The average Bonchev–Trinajstić information content (AvgIpc) is 3.02. The fourth-order valence-corrected chi connectivity index (χ4v) is 4.24. The summed E-state index contributed by atoms with van der Waals surface area (Å²) in [6.07, 6.45) is 2.64. The summed E-state index contributed by atoms with van der Waals surface area (Å²) in [5, 5.41) is 0. The lowest BCUT2D eigenvalue weighted by Gasteiger charge is -2.23. The van der Waals surface area contributed by atoms with Crippen molar-refractivity contribution in [2.75, 3.05) is 44.2 Å². The molecule has 2 aromatic rings. The lowest BCUT2D eigenvalue weighted by Crippen LogP contribution is -2.35. The zero-order valence-corrected chi connectivity index (χ0v) is 16.3. The molecule has 0 aliphatic carbocycles. The van der Waals surface area contributed by atoms with Crippen LogP contribution in [0.4, 0.5) is 10.1 Å². The van der Waals surface area contributed by atoms with E-state index in [1.54, 1.807) is 0 Å². The van der Waals surface area contributed by atoms with Gasteiger partial charge in [-0.25, -0.2) is 4.39 Å². The van der Waals surface area contributed by atoms with Crippen LogP contribution >= 0.6 is 0 Å². The Morgan fingerprint density at radius 1 is 0.893 bits per heavy atom. The number of hydrogen-bond acceptors (Lipinski definition) is 3. The van der Waals surface area contributed by atoms with Crippen LogP contribution in [0.5, 0.6) is 0 Å². The largest absolute Gasteiger partial charge is 0.312 e. The van der Waals surface area contributed by atoms with Gasteiger partial charge in [0.2, 0.25) is 5.91 Å².